The van der Waals surface area contributed by atoms with Gasteiger partial charge in [0.15, 0.2) is 0 Å². The number of nitrogens with two attached hydrogens (primary N) is 1. The molecule has 0 fully saturated rings. The molecule has 1 aromatic heterocycles. The van der Waals surface area contributed by atoms with Gasteiger partial charge in [0.2, 0.25) is 0 Å². The number of carbonyl (C=O) groups is 1. The van der Waals surface area contributed by atoms with E-state index in [2.05, 4.69) is 4.98 Å². The Morgan fingerprint density at radius 2 is 2.14 bits per heavy atom. The number of aromatic nitrogens is 1. The van der Waals surface area contributed by atoms with Crippen molar-refractivity contribution in [3.63, 3.8) is 0 Å². The number of fused-ring (bicyclic) bond motifs is 1. The molecule has 0 spiro atoms. The van der Waals surface area contributed by atoms with Gasteiger partial charge in [-0.1, -0.05) is 12.1 Å². The third-order valence-corrected chi connectivity index (χ3v) is 4.03. The zero-order chi connectivity index (χ0) is 15.9. The summed E-state index contributed by atoms with van der Waals surface area (Å²) in [5.74, 6) is -1.04. The zero-order valence-corrected chi connectivity index (χ0v) is 12.3. The number of benzene rings is 1. The Kier molecular flexibility index (Phi) is 3.66. The highest BCUT2D eigenvalue weighted by Gasteiger charge is 2.26. The average molecular weight is 300 g/mol. The number of aryl methyl sites for hydroxylation is 2. The predicted octanol–water partition coefficient (Wildman–Crippen LogP) is 2.66. The fourth-order valence-electron chi connectivity index (χ4n) is 2.97. The molecule has 1 amide bonds. The molecule has 1 heterocycles. The maximum absolute atomic E-state index is 14.3. The van der Waals surface area contributed by atoms with Gasteiger partial charge in [-0.05, 0) is 49.4 Å². The summed E-state index contributed by atoms with van der Waals surface area (Å²) in [5.41, 5.74) is 8.34. The van der Waals surface area contributed by atoms with Crippen molar-refractivity contribution in [2.45, 2.75) is 32.3 Å². The Morgan fingerprint density at radius 1 is 1.36 bits per heavy atom. The van der Waals surface area contributed by atoms with Crippen molar-refractivity contribution in [3.8, 4) is 11.1 Å². The quantitative estimate of drug-likeness (QED) is 0.895. The van der Waals surface area contributed by atoms with Crippen molar-refractivity contribution in [1.82, 2.24) is 4.98 Å². The summed E-state index contributed by atoms with van der Waals surface area (Å²) in [5, 5.41) is 10.3. The number of pyridine rings is 1. The van der Waals surface area contributed by atoms with E-state index in [1.165, 1.54) is 12.1 Å². The smallest absolute Gasteiger partial charge is 0.267 e. The molecule has 5 heteroatoms. The van der Waals surface area contributed by atoms with E-state index in [0.29, 0.717) is 35.2 Å². The van der Waals surface area contributed by atoms with Gasteiger partial charge in [-0.25, -0.2) is 9.37 Å². The van der Waals surface area contributed by atoms with Gasteiger partial charge in [-0.3, -0.25) is 4.79 Å². The first kappa shape index (κ1) is 14.7. The highest BCUT2D eigenvalue weighted by molar-refractivity contribution is 5.92. The van der Waals surface area contributed by atoms with E-state index in [9.17, 15) is 14.3 Å². The number of halogens is 1. The summed E-state index contributed by atoms with van der Waals surface area (Å²) in [6.07, 6.45) is 1.33. The molecule has 22 heavy (non-hydrogen) atoms. The van der Waals surface area contributed by atoms with Crippen molar-refractivity contribution in [2.24, 2.45) is 5.73 Å². The standard InChI is InChI=1S/C17H17FN2O2/c1-9-5-6-10(12(18)7-9)11-8-14(17(19)22)20-13-3-2-4-15(21)16(11)13/h5-8,15,21H,2-4H2,1H3,(H2,19,22)/t15-/m1/s1. The predicted molar refractivity (Wildman–Crippen MR) is 80.8 cm³/mol. The molecule has 0 radical (unpaired) electrons. The third kappa shape index (κ3) is 2.48. The number of hydrogen-bond acceptors (Lipinski definition) is 3. The molecule has 0 bridgehead atoms. The first-order chi connectivity index (χ1) is 10.5. The van der Waals surface area contributed by atoms with Gasteiger partial charge in [-0.2, -0.15) is 0 Å². The minimum atomic E-state index is -0.700. The fraction of sp³-hybridized carbons (Fsp3) is 0.294. The summed E-state index contributed by atoms with van der Waals surface area (Å²) in [7, 11) is 0. The molecule has 4 nitrogen and oxygen atoms in total. The van der Waals surface area contributed by atoms with Crippen LogP contribution in [0, 0.1) is 12.7 Å². The topological polar surface area (TPSA) is 76.2 Å². The third-order valence-electron chi connectivity index (χ3n) is 4.03. The molecule has 1 aliphatic carbocycles. The monoisotopic (exact) mass is 300 g/mol. The van der Waals surface area contributed by atoms with E-state index in [1.54, 1.807) is 19.1 Å². The van der Waals surface area contributed by atoms with E-state index in [-0.39, 0.29) is 11.5 Å². The summed E-state index contributed by atoms with van der Waals surface area (Å²) in [6.45, 7) is 1.80. The van der Waals surface area contributed by atoms with Crippen LogP contribution in [0.1, 0.15) is 46.3 Å². The largest absolute Gasteiger partial charge is 0.388 e. The maximum atomic E-state index is 14.3. The normalized spacial score (nSPS) is 17.1. The number of carbonyl (C=O) groups excluding carboxylic acids is 1. The van der Waals surface area contributed by atoms with Gasteiger partial charge in [0.1, 0.15) is 11.5 Å². The number of aliphatic hydroxyl groups excluding tert-OH is 1. The molecular formula is C17H17FN2O2. The molecule has 0 aliphatic heterocycles. The van der Waals surface area contributed by atoms with Crippen molar-refractivity contribution in [1.29, 1.82) is 0 Å². The molecule has 2 aromatic rings. The zero-order valence-electron chi connectivity index (χ0n) is 12.3. The number of primary amides is 1. The molecule has 1 aliphatic rings. The summed E-state index contributed by atoms with van der Waals surface area (Å²) in [4.78, 5) is 15.7. The van der Waals surface area contributed by atoms with E-state index >= 15 is 0 Å². The van der Waals surface area contributed by atoms with Gasteiger partial charge in [-0.15, -0.1) is 0 Å². The lowest BCUT2D eigenvalue weighted by molar-refractivity contribution is 0.0994. The highest BCUT2D eigenvalue weighted by Crippen LogP contribution is 2.38. The Balaban J connectivity index is 2.28. The number of nitrogens with zero attached hydrogens (tertiary/aromatic N) is 1. The van der Waals surface area contributed by atoms with E-state index in [0.717, 1.165) is 12.0 Å². The van der Waals surface area contributed by atoms with Gasteiger partial charge in [0.05, 0.1) is 6.10 Å². The molecule has 3 N–H and O–H groups in total. The Morgan fingerprint density at radius 3 is 2.82 bits per heavy atom. The molecule has 1 atom stereocenters. The lowest BCUT2D eigenvalue weighted by atomic mass is 9.86. The molecular weight excluding hydrogens is 283 g/mol. The van der Waals surface area contributed by atoms with Gasteiger partial charge in [0, 0.05) is 16.8 Å². The van der Waals surface area contributed by atoms with Crippen LogP contribution < -0.4 is 5.73 Å². The van der Waals surface area contributed by atoms with Crippen LogP contribution in [0.3, 0.4) is 0 Å². The van der Waals surface area contributed by atoms with Crippen molar-refractivity contribution in [2.75, 3.05) is 0 Å². The minimum absolute atomic E-state index is 0.0998. The number of aliphatic hydroxyl groups is 1. The summed E-state index contributed by atoms with van der Waals surface area (Å²) in [6, 6.07) is 6.36. The van der Waals surface area contributed by atoms with Crippen LogP contribution in [-0.4, -0.2) is 16.0 Å². The first-order valence-electron chi connectivity index (χ1n) is 7.25. The second-order valence-electron chi connectivity index (χ2n) is 5.67. The Labute approximate surface area is 127 Å². The molecule has 0 saturated heterocycles. The summed E-state index contributed by atoms with van der Waals surface area (Å²) < 4.78 is 14.3. The molecule has 1 aromatic carbocycles. The van der Waals surface area contributed by atoms with Crippen LogP contribution in [0.15, 0.2) is 24.3 Å². The molecule has 114 valence electrons. The van der Waals surface area contributed by atoms with Crippen LogP contribution in [0.4, 0.5) is 4.39 Å². The lowest BCUT2D eigenvalue weighted by Gasteiger charge is -2.24. The maximum Gasteiger partial charge on any atom is 0.267 e. The number of hydrogen-bond donors (Lipinski definition) is 2. The summed E-state index contributed by atoms with van der Waals surface area (Å²) >= 11 is 0. The first-order valence-corrected chi connectivity index (χ1v) is 7.25. The molecule has 0 unspecified atom stereocenters. The highest BCUT2D eigenvalue weighted by atomic mass is 19.1. The van der Waals surface area contributed by atoms with Crippen LogP contribution >= 0.6 is 0 Å². The molecule has 0 saturated carbocycles. The van der Waals surface area contributed by atoms with Crippen molar-refractivity contribution < 1.29 is 14.3 Å². The SMILES string of the molecule is Cc1ccc(-c2cc(C(N)=O)nc3c2[C@H](O)CCC3)c(F)c1. The van der Waals surface area contributed by atoms with Crippen molar-refractivity contribution >= 4 is 5.91 Å². The number of amides is 1. The number of rotatable bonds is 2. The van der Waals surface area contributed by atoms with E-state index in [4.69, 9.17) is 5.73 Å². The van der Waals surface area contributed by atoms with Crippen LogP contribution in [-0.2, 0) is 6.42 Å². The van der Waals surface area contributed by atoms with Gasteiger partial charge >= 0.3 is 0 Å². The van der Waals surface area contributed by atoms with Crippen molar-refractivity contribution in [3.05, 3.63) is 52.6 Å². The molecule has 3 rings (SSSR count). The van der Waals surface area contributed by atoms with Crippen LogP contribution in [0.25, 0.3) is 11.1 Å². The van der Waals surface area contributed by atoms with E-state index in [1.807, 2.05) is 0 Å². The van der Waals surface area contributed by atoms with Crippen LogP contribution in [0.5, 0.6) is 0 Å². The second kappa shape index (κ2) is 5.50. The minimum Gasteiger partial charge on any atom is -0.388 e. The Hall–Kier alpha value is -2.27. The fourth-order valence-corrected chi connectivity index (χ4v) is 2.97. The average Bonchev–Trinajstić information content (AvgIpc) is 2.46. The van der Waals surface area contributed by atoms with Gasteiger partial charge < -0.3 is 10.8 Å². The Bertz CT molecular complexity index is 759. The lowest BCUT2D eigenvalue weighted by Crippen LogP contribution is -2.19. The van der Waals surface area contributed by atoms with Crippen LogP contribution in [0.2, 0.25) is 0 Å². The second-order valence-corrected chi connectivity index (χ2v) is 5.67. The van der Waals surface area contributed by atoms with Gasteiger partial charge in [0.25, 0.3) is 5.91 Å². The van der Waals surface area contributed by atoms with E-state index < -0.39 is 12.0 Å².